The average molecular weight is 286 g/mol. The zero-order chi connectivity index (χ0) is 15.6. The maximum absolute atomic E-state index is 8.66. The van der Waals surface area contributed by atoms with E-state index in [-0.39, 0.29) is 6.61 Å². The van der Waals surface area contributed by atoms with Crippen LogP contribution in [0.15, 0.2) is 0 Å². The topological polar surface area (TPSA) is 20.2 Å². The van der Waals surface area contributed by atoms with E-state index in [1.807, 2.05) is 0 Å². The summed E-state index contributed by atoms with van der Waals surface area (Å²) in [5, 5.41) is 8.66. The standard InChI is InChI=1S/C20H30O/c1-3-5-7-9-12-16-20(18-14-11-15-19-21)17-13-10-8-6-4-2/h20-21H,3-8,14,16-19H2,1-2H3. The minimum Gasteiger partial charge on any atom is -0.384 e. The third-order valence-electron chi connectivity index (χ3n) is 3.22. The number of rotatable bonds is 8. The predicted molar refractivity (Wildman–Crippen MR) is 91.4 cm³/mol. The van der Waals surface area contributed by atoms with Crippen molar-refractivity contribution in [1.29, 1.82) is 0 Å². The zero-order valence-corrected chi connectivity index (χ0v) is 13.8. The molecule has 0 aromatic rings. The first-order valence-electron chi connectivity index (χ1n) is 8.33. The first-order valence-corrected chi connectivity index (χ1v) is 8.33. The van der Waals surface area contributed by atoms with E-state index in [2.05, 4.69) is 49.4 Å². The number of hydrogen-bond donors (Lipinski definition) is 1. The van der Waals surface area contributed by atoms with Gasteiger partial charge in [-0.15, -0.1) is 29.6 Å². The largest absolute Gasteiger partial charge is 0.384 e. The molecule has 0 spiro atoms. The van der Waals surface area contributed by atoms with Crippen LogP contribution in [0.2, 0.25) is 0 Å². The van der Waals surface area contributed by atoms with Gasteiger partial charge in [0.05, 0.1) is 0 Å². The van der Waals surface area contributed by atoms with Crippen molar-refractivity contribution in [3.8, 4) is 35.5 Å². The van der Waals surface area contributed by atoms with E-state index in [1.165, 1.54) is 25.7 Å². The van der Waals surface area contributed by atoms with Gasteiger partial charge in [-0.2, -0.15) is 0 Å². The van der Waals surface area contributed by atoms with Gasteiger partial charge >= 0.3 is 0 Å². The van der Waals surface area contributed by atoms with Crippen LogP contribution in [-0.2, 0) is 0 Å². The Morgan fingerprint density at radius 2 is 1.24 bits per heavy atom. The highest BCUT2D eigenvalue weighted by Gasteiger charge is 2.04. The van der Waals surface area contributed by atoms with Crippen LogP contribution in [0.1, 0.15) is 78.1 Å². The average Bonchev–Trinajstić information content (AvgIpc) is 2.50. The molecule has 1 nitrogen and oxygen atoms in total. The molecule has 0 unspecified atom stereocenters. The van der Waals surface area contributed by atoms with E-state index < -0.39 is 0 Å². The second kappa shape index (κ2) is 16.7. The van der Waals surface area contributed by atoms with Crippen molar-refractivity contribution in [3.63, 3.8) is 0 Å². The molecule has 0 rings (SSSR count). The molecule has 0 aromatic carbocycles. The van der Waals surface area contributed by atoms with Gasteiger partial charge in [-0.25, -0.2) is 0 Å². The van der Waals surface area contributed by atoms with E-state index in [9.17, 15) is 0 Å². The van der Waals surface area contributed by atoms with Crippen LogP contribution in [-0.4, -0.2) is 11.7 Å². The second-order valence-corrected chi connectivity index (χ2v) is 5.24. The van der Waals surface area contributed by atoms with Crippen molar-refractivity contribution < 1.29 is 5.11 Å². The molecule has 0 saturated heterocycles. The van der Waals surface area contributed by atoms with Crippen molar-refractivity contribution in [3.05, 3.63) is 0 Å². The SMILES string of the molecule is CCCCC#CCC(CC#CCCCC)CCC#CCO. The van der Waals surface area contributed by atoms with Crippen molar-refractivity contribution >= 4 is 0 Å². The summed E-state index contributed by atoms with van der Waals surface area (Å²) in [4.78, 5) is 0. The third-order valence-corrected chi connectivity index (χ3v) is 3.22. The van der Waals surface area contributed by atoms with Gasteiger partial charge in [0.25, 0.3) is 0 Å². The lowest BCUT2D eigenvalue weighted by molar-refractivity contribution is 0.350. The first kappa shape index (κ1) is 19.6. The normalized spacial score (nSPS) is 9.14. The van der Waals surface area contributed by atoms with Crippen LogP contribution in [0, 0.1) is 41.4 Å². The Bertz CT molecular complexity index is 374. The quantitative estimate of drug-likeness (QED) is 0.513. The molecule has 0 bridgehead atoms. The van der Waals surface area contributed by atoms with Gasteiger partial charge in [0.2, 0.25) is 0 Å². The van der Waals surface area contributed by atoms with Crippen molar-refractivity contribution in [2.75, 3.05) is 6.61 Å². The lowest BCUT2D eigenvalue weighted by Crippen LogP contribution is -1.98. The number of aliphatic hydroxyl groups is 1. The molecule has 0 atom stereocenters. The molecular formula is C20H30O. The molecular weight excluding hydrogens is 256 g/mol. The van der Waals surface area contributed by atoms with Gasteiger partial charge in [-0.1, -0.05) is 32.6 Å². The van der Waals surface area contributed by atoms with Crippen LogP contribution in [0.25, 0.3) is 0 Å². The summed E-state index contributed by atoms with van der Waals surface area (Å²) in [6.07, 6.45) is 10.5. The molecule has 116 valence electrons. The van der Waals surface area contributed by atoms with Crippen molar-refractivity contribution in [2.24, 2.45) is 5.92 Å². The molecule has 1 heteroatoms. The molecule has 0 radical (unpaired) electrons. The molecule has 0 heterocycles. The predicted octanol–water partition coefficient (Wildman–Crippen LogP) is 4.55. The number of aliphatic hydroxyl groups excluding tert-OH is 1. The summed E-state index contributed by atoms with van der Waals surface area (Å²) in [6, 6.07) is 0. The Hall–Kier alpha value is -1.36. The summed E-state index contributed by atoms with van der Waals surface area (Å²) in [6.45, 7) is 4.34. The second-order valence-electron chi connectivity index (χ2n) is 5.24. The smallest absolute Gasteiger partial charge is 0.104 e. The molecule has 0 fully saturated rings. The Morgan fingerprint density at radius 3 is 1.71 bits per heavy atom. The van der Waals surface area contributed by atoms with Crippen LogP contribution in [0.4, 0.5) is 0 Å². The minimum atomic E-state index is -0.0433. The van der Waals surface area contributed by atoms with Gasteiger partial charge in [0, 0.05) is 32.1 Å². The lowest BCUT2D eigenvalue weighted by Gasteiger charge is -2.08. The molecule has 0 amide bonds. The Kier molecular flexibility index (Phi) is 15.6. The van der Waals surface area contributed by atoms with Crippen LogP contribution in [0.5, 0.6) is 0 Å². The third kappa shape index (κ3) is 14.9. The van der Waals surface area contributed by atoms with Crippen LogP contribution in [0.3, 0.4) is 0 Å². The van der Waals surface area contributed by atoms with Crippen LogP contribution >= 0.6 is 0 Å². The van der Waals surface area contributed by atoms with Crippen LogP contribution < -0.4 is 0 Å². The van der Waals surface area contributed by atoms with Gasteiger partial charge in [-0.05, 0) is 25.2 Å². The van der Waals surface area contributed by atoms with E-state index in [0.29, 0.717) is 5.92 Å². The summed E-state index contributed by atoms with van der Waals surface area (Å²) in [5.41, 5.74) is 0. The highest BCUT2D eigenvalue weighted by atomic mass is 16.2. The van der Waals surface area contributed by atoms with Crippen molar-refractivity contribution in [2.45, 2.75) is 78.1 Å². The maximum Gasteiger partial charge on any atom is 0.104 e. The van der Waals surface area contributed by atoms with E-state index >= 15 is 0 Å². The minimum absolute atomic E-state index is 0.0433. The molecule has 0 aliphatic rings. The fourth-order valence-corrected chi connectivity index (χ4v) is 1.84. The first-order chi connectivity index (χ1) is 10.3. The summed E-state index contributed by atoms with van der Waals surface area (Å²) < 4.78 is 0. The van der Waals surface area contributed by atoms with E-state index in [0.717, 1.165) is 38.5 Å². The summed E-state index contributed by atoms with van der Waals surface area (Å²) in [5.74, 6) is 19.3. The summed E-state index contributed by atoms with van der Waals surface area (Å²) in [7, 11) is 0. The molecule has 21 heavy (non-hydrogen) atoms. The van der Waals surface area contributed by atoms with Gasteiger partial charge < -0.3 is 5.11 Å². The van der Waals surface area contributed by atoms with Gasteiger partial charge in [0.15, 0.2) is 0 Å². The molecule has 0 aromatic heterocycles. The molecule has 0 aliphatic carbocycles. The van der Waals surface area contributed by atoms with E-state index in [1.54, 1.807) is 0 Å². The lowest BCUT2D eigenvalue weighted by atomic mass is 9.96. The molecule has 0 aliphatic heterocycles. The Morgan fingerprint density at radius 1 is 0.714 bits per heavy atom. The highest BCUT2D eigenvalue weighted by Crippen LogP contribution is 2.14. The van der Waals surface area contributed by atoms with Crippen molar-refractivity contribution in [1.82, 2.24) is 0 Å². The number of unbranched alkanes of at least 4 members (excludes halogenated alkanes) is 4. The number of hydrogen-bond acceptors (Lipinski definition) is 1. The molecule has 1 N–H and O–H groups in total. The van der Waals surface area contributed by atoms with Gasteiger partial charge in [0.1, 0.15) is 6.61 Å². The van der Waals surface area contributed by atoms with Gasteiger partial charge in [-0.3, -0.25) is 0 Å². The monoisotopic (exact) mass is 286 g/mol. The Labute approximate surface area is 131 Å². The summed E-state index contributed by atoms with van der Waals surface area (Å²) >= 11 is 0. The molecule has 0 saturated carbocycles. The fraction of sp³-hybridized carbons (Fsp3) is 0.700. The highest BCUT2D eigenvalue weighted by molar-refractivity contribution is 5.05. The van der Waals surface area contributed by atoms with E-state index in [4.69, 9.17) is 5.11 Å². The Balaban J connectivity index is 4.17. The zero-order valence-electron chi connectivity index (χ0n) is 13.8. The fourth-order valence-electron chi connectivity index (χ4n) is 1.84. The maximum atomic E-state index is 8.66.